The van der Waals surface area contributed by atoms with E-state index in [0.717, 1.165) is 45.1 Å². The molecule has 12 heteroatoms. The third kappa shape index (κ3) is 6.10. The Morgan fingerprint density at radius 3 is 2.57 bits per heavy atom. The second-order valence-electron chi connectivity index (χ2n) is 10.5. The van der Waals surface area contributed by atoms with Crippen LogP contribution in [0, 0.1) is 22.7 Å². The highest BCUT2D eigenvalue weighted by Gasteiger charge is 2.29. The fraction of sp³-hybridized carbons (Fsp3) is 0.400. The van der Waals surface area contributed by atoms with Crippen molar-refractivity contribution in [3.8, 4) is 29.3 Å². The summed E-state index contributed by atoms with van der Waals surface area (Å²) >= 11 is 0. The number of ether oxygens (including phenoxy) is 2. The van der Waals surface area contributed by atoms with Gasteiger partial charge in [-0.1, -0.05) is 0 Å². The molecule has 3 aliphatic rings. The molecule has 12 nitrogen and oxygen atoms in total. The van der Waals surface area contributed by atoms with Crippen molar-refractivity contribution in [2.24, 2.45) is 0 Å². The molecule has 1 aromatic heterocycles. The van der Waals surface area contributed by atoms with E-state index in [2.05, 4.69) is 48.3 Å². The van der Waals surface area contributed by atoms with Crippen LogP contribution < -0.4 is 15.0 Å². The second kappa shape index (κ2) is 12.4. The largest absolute Gasteiger partial charge is 0.487 e. The molecule has 0 radical (unpaired) electrons. The monoisotopic (exact) mass is 565 g/mol. The summed E-state index contributed by atoms with van der Waals surface area (Å²) in [5.41, 5.74) is 3.06. The molecule has 3 aromatic rings. The van der Waals surface area contributed by atoms with Gasteiger partial charge in [0.25, 0.3) is 0 Å². The van der Waals surface area contributed by atoms with Crippen LogP contribution >= 0.6 is 0 Å². The SMILES string of the molecule is N#CCC(=O)N1CCC(Oc2ccc(-c3ncnc(Nc4ccc(N5CCN(C6COC6)CC5)cc4)n3)cc2C#N)C1. The number of amides is 1. The fourth-order valence-electron chi connectivity index (χ4n) is 5.43. The predicted octanol–water partition coefficient (Wildman–Crippen LogP) is 2.57. The minimum Gasteiger partial charge on any atom is -0.487 e. The number of likely N-dealkylation sites (tertiary alicyclic amines) is 1. The highest BCUT2D eigenvalue weighted by atomic mass is 16.5. The first kappa shape index (κ1) is 27.4. The maximum Gasteiger partial charge on any atom is 0.236 e. The number of nitrogens with one attached hydrogen (secondary N) is 1. The van der Waals surface area contributed by atoms with Crippen LogP contribution in [0.25, 0.3) is 11.4 Å². The van der Waals surface area contributed by atoms with Crippen LogP contribution in [0.4, 0.5) is 17.3 Å². The maximum absolute atomic E-state index is 12.0. The smallest absolute Gasteiger partial charge is 0.236 e. The van der Waals surface area contributed by atoms with Gasteiger partial charge in [0.1, 0.15) is 30.7 Å². The number of aromatic nitrogens is 3. The van der Waals surface area contributed by atoms with Crippen LogP contribution in [-0.2, 0) is 9.53 Å². The van der Waals surface area contributed by atoms with Gasteiger partial charge in [0.15, 0.2) is 5.82 Å². The van der Waals surface area contributed by atoms with E-state index in [1.54, 1.807) is 23.1 Å². The fourth-order valence-corrected chi connectivity index (χ4v) is 5.43. The lowest BCUT2D eigenvalue weighted by molar-refractivity contribution is -0.129. The van der Waals surface area contributed by atoms with Gasteiger partial charge < -0.3 is 24.6 Å². The number of carbonyl (C=O) groups excluding carboxylic acids is 1. The Labute approximate surface area is 244 Å². The first-order chi connectivity index (χ1) is 20.6. The number of nitrogens with zero attached hydrogens (tertiary/aromatic N) is 8. The Morgan fingerprint density at radius 2 is 1.86 bits per heavy atom. The van der Waals surface area contributed by atoms with Crippen molar-refractivity contribution >= 4 is 23.2 Å². The molecule has 0 saturated carbocycles. The van der Waals surface area contributed by atoms with E-state index in [1.807, 2.05) is 18.2 Å². The highest BCUT2D eigenvalue weighted by Crippen LogP contribution is 2.28. The third-order valence-corrected chi connectivity index (χ3v) is 7.89. The molecular formula is C30H31N9O3. The van der Waals surface area contributed by atoms with Crippen molar-refractivity contribution in [2.75, 3.05) is 62.7 Å². The van der Waals surface area contributed by atoms with Gasteiger partial charge in [-0.15, -0.1) is 0 Å². The summed E-state index contributed by atoms with van der Waals surface area (Å²) in [6.07, 6.45) is 1.69. The van der Waals surface area contributed by atoms with Crippen LogP contribution in [-0.4, -0.2) is 95.3 Å². The van der Waals surface area contributed by atoms with Crippen LogP contribution in [0.5, 0.6) is 5.75 Å². The van der Waals surface area contributed by atoms with Crippen molar-refractivity contribution in [1.82, 2.24) is 24.8 Å². The van der Waals surface area contributed by atoms with Gasteiger partial charge in [-0.25, -0.2) is 9.97 Å². The van der Waals surface area contributed by atoms with Crippen molar-refractivity contribution in [3.05, 3.63) is 54.4 Å². The van der Waals surface area contributed by atoms with E-state index >= 15 is 0 Å². The zero-order chi connectivity index (χ0) is 28.9. The number of piperazine rings is 1. The first-order valence-electron chi connectivity index (χ1n) is 14.1. The zero-order valence-corrected chi connectivity index (χ0v) is 23.1. The Balaban J connectivity index is 1.07. The Morgan fingerprint density at radius 1 is 1.05 bits per heavy atom. The molecule has 3 saturated heterocycles. The van der Waals surface area contributed by atoms with E-state index < -0.39 is 0 Å². The summed E-state index contributed by atoms with van der Waals surface area (Å²) in [5.74, 6) is 1.06. The number of hydrogen-bond donors (Lipinski definition) is 1. The number of anilines is 3. The van der Waals surface area contributed by atoms with Gasteiger partial charge >= 0.3 is 0 Å². The summed E-state index contributed by atoms with van der Waals surface area (Å²) < 4.78 is 11.4. The molecule has 1 unspecified atom stereocenters. The first-order valence-corrected chi connectivity index (χ1v) is 14.1. The van der Waals surface area contributed by atoms with Gasteiger partial charge in [0, 0.05) is 56.1 Å². The van der Waals surface area contributed by atoms with Crippen molar-refractivity contribution < 1.29 is 14.3 Å². The standard InChI is InChI=1S/C30H31N9O3/c31-9-7-28(40)39-10-8-26(17-39)42-27-6-1-21(15-22(27)16-32)29-33-20-34-30(36-29)35-23-2-4-24(5-3-23)37-11-13-38(14-12-37)25-18-41-19-25/h1-6,15,20,25-26H,7-8,10-14,17-19H2,(H,33,34,35,36). The third-order valence-electron chi connectivity index (χ3n) is 7.89. The van der Waals surface area contributed by atoms with Gasteiger partial charge in [0.05, 0.1) is 37.4 Å². The van der Waals surface area contributed by atoms with E-state index in [1.165, 1.54) is 12.0 Å². The minimum absolute atomic E-state index is 0.145. The van der Waals surface area contributed by atoms with E-state index in [-0.39, 0.29) is 18.4 Å². The van der Waals surface area contributed by atoms with Crippen LogP contribution in [0.3, 0.4) is 0 Å². The highest BCUT2D eigenvalue weighted by molar-refractivity contribution is 5.78. The number of carbonyl (C=O) groups is 1. The lowest BCUT2D eigenvalue weighted by Crippen LogP contribution is -2.56. The zero-order valence-electron chi connectivity index (χ0n) is 23.1. The Kier molecular flexibility index (Phi) is 8.08. The summed E-state index contributed by atoms with van der Waals surface area (Å²) in [5, 5.41) is 21.8. The molecule has 42 heavy (non-hydrogen) atoms. The second-order valence-corrected chi connectivity index (χ2v) is 10.5. The quantitative estimate of drug-likeness (QED) is 0.430. The Hall–Kier alpha value is -4.78. The normalized spacial score (nSPS) is 19.0. The lowest BCUT2D eigenvalue weighted by atomic mass is 10.1. The topological polar surface area (TPSA) is 144 Å². The lowest BCUT2D eigenvalue weighted by Gasteiger charge is -2.43. The maximum atomic E-state index is 12.0. The van der Waals surface area contributed by atoms with Crippen molar-refractivity contribution in [2.45, 2.75) is 25.0 Å². The molecule has 3 aliphatic heterocycles. The molecular weight excluding hydrogens is 534 g/mol. The molecule has 1 atom stereocenters. The number of hydrogen-bond acceptors (Lipinski definition) is 11. The predicted molar refractivity (Wildman–Crippen MR) is 154 cm³/mol. The summed E-state index contributed by atoms with van der Waals surface area (Å²) in [4.78, 5) is 31.7. The summed E-state index contributed by atoms with van der Waals surface area (Å²) in [6.45, 7) is 6.72. The van der Waals surface area contributed by atoms with Gasteiger partial charge in [0.2, 0.25) is 11.9 Å². The van der Waals surface area contributed by atoms with Gasteiger partial charge in [-0.2, -0.15) is 15.5 Å². The summed E-state index contributed by atoms with van der Waals surface area (Å²) in [6, 6.07) is 18.1. The number of nitriles is 2. The average Bonchev–Trinajstić information content (AvgIpc) is 3.46. The average molecular weight is 566 g/mol. The summed E-state index contributed by atoms with van der Waals surface area (Å²) in [7, 11) is 0. The number of benzene rings is 2. The van der Waals surface area contributed by atoms with E-state index in [4.69, 9.17) is 14.7 Å². The minimum atomic E-state index is -0.239. The molecule has 1 N–H and O–H groups in total. The van der Waals surface area contributed by atoms with Gasteiger partial charge in [-0.3, -0.25) is 9.69 Å². The van der Waals surface area contributed by atoms with E-state index in [0.29, 0.717) is 54.2 Å². The molecule has 0 aliphatic carbocycles. The molecule has 4 heterocycles. The molecule has 3 fully saturated rings. The Bertz CT molecular complexity index is 1510. The van der Waals surface area contributed by atoms with Gasteiger partial charge in [-0.05, 0) is 42.5 Å². The number of rotatable bonds is 8. The molecule has 1 amide bonds. The molecule has 0 spiro atoms. The van der Waals surface area contributed by atoms with Crippen LogP contribution in [0.1, 0.15) is 18.4 Å². The molecule has 0 bridgehead atoms. The van der Waals surface area contributed by atoms with Crippen LogP contribution in [0.2, 0.25) is 0 Å². The molecule has 2 aromatic carbocycles. The molecule has 214 valence electrons. The van der Waals surface area contributed by atoms with Crippen molar-refractivity contribution in [1.29, 1.82) is 10.5 Å². The molecule has 6 rings (SSSR count). The van der Waals surface area contributed by atoms with Crippen LogP contribution in [0.15, 0.2) is 48.8 Å². The van der Waals surface area contributed by atoms with Crippen molar-refractivity contribution in [3.63, 3.8) is 0 Å². The van der Waals surface area contributed by atoms with E-state index in [9.17, 15) is 10.1 Å².